The van der Waals surface area contributed by atoms with Gasteiger partial charge in [-0.25, -0.2) is 0 Å². The molecule has 3 nitrogen and oxygen atoms in total. The maximum absolute atomic E-state index is 12.1. The van der Waals surface area contributed by atoms with Crippen molar-refractivity contribution in [1.29, 1.82) is 0 Å². The molecule has 0 atom stereocenters. The molecule has 1 aromatic heterocycles. The van der Waals surface area contributed by atoms with Crippen LogP contribution in [-0.4, -0.2) is 22.2 Å². The molecule has 0 bridgehead atoms. The third-order valence-electron chi connectivity index (χ3n) is 1.71. The van der Waals surface area contributed by atoms with Crippen molar-refractivity contribution in [3.05, 3.63) is 23.5 Å². The summed E-state index contributed by atoms with van der Waals surface area (Å²) >= 11 is 0. The van der Waals surface area contributed by atoms with Gasteiger partial charge in [-0.15, -0.1) is 0 Å². The number of alkyl halides is 3. The summed E-state index contributed by atoms with van der Waals surface area (Å²) in [5.74, 6) is 0. The molecule has 0 saturated heterocycles. The van der Waals surface area contributed by atoms with Gasteiger partial charge in [0.05, 0.1) is 0 Å². The lowest BCUT2D eigenvalue weighted by Gasteiger charge is -2.09. The van der Waals surface area contributed by atoms with Gasteiger partial charge in [-0.05, 0) is 24.0 Å². The fraction of sp³-hybridized carbons (Fsp3) is 0.286. The minimum Gasteiger partial charge on any atom is -0.423 e. The maximum atomic E-state index is 12.1. The second kappa shape index (κ2) is 3.59. The van der Waals surface area contributed by atoms with Gasteiger partial charge in [0, 0.05) is 6.20 Å². The molecule has 7 heteroatoms. The fourth-order valence-corrected chi connectivity index (χ4v) is 0.972. The van der Waals surface area contributed by atoms with E-state index in [-0.39, 0.29) is 5.46 Å². The topological polar surface area (TPSA) is 53.4 Å². The van der Waals surface area contributed by atoms with Gasteiger partial charge in [0.25, 0.3) is 0 Å². The van der Waals surface area contributed by atoms with Gasteiger partial charge in [-0.3, -0.25) is 4.98 Å². The highest BCUT2D eigenvalue weighted by Gasteiger charge is 2.33. The molecule has 0 fully saturated rings. The third-order valence-corrected chi connectivity index (χ3v) is 1.71. The van der Waals surface area contributed by atoms with Crippen LogP contribution in [-0.2, 0) is 6.18 Å². The Kier molecular flexibility index (Phi) is 2.82. The zero-order valence-electron chi connectivity index (χ0n) is 7.21. The predicted molar refractivity (Wildman–Crippen MR) is 43.8 cm³/mol. The Morgan fingerprint density at radius 2 is 1.93 bits per heavy atom. The van der Waals surface area contributed by atoms with Crippen molar-refractivity contribution in [3.63, 3.8) is 0 Å². The largest absolute Gasteiger partial charge is 0.488 e. The van der Waals surface area contributed by atoms with Crippen molar-refractivity contribution >= 4 is 12.6 Å². The van der Waals surface area contributed by atoms with Crippen LogP contribution in [0.4, 0.5) is 13.2 Å². The molecule has 0 saturated carbocycles. The standard InChI is InChI=1S/C7H7BF3NO2/c1-4-3-12-6(7(9,10)11)2-5(4)8(13)14/h2-3,13-14H,1H3. The highest BCUT2D eigenvalue weighted by atomic mass is 19.4. The normalized spacial score (nSPS) is 11.6. The summed E-state index contributed by atoms with van der Waals surface area (Å²) in [5.41, 5.74) is -1.02. The van der Waals surface area contributed by atoms with Crippen molar-refractivity contribution in [2.45, 2.75) is 13.1 Å². The van der Waals surface area contributed by atoms with Gasteiger partial charge in [0.2, 0.25) is 0 Å². The molecule has 0 amide bonds. The Bertz CT molecular complexity index is 340. The van der Waals surface area contributed by atoms with Crippen LogP contribution in [0.15, 0.2) is 12.3 Å². The number of pyridine rings is 1. The lowest BCUT2D eigenvalue weighted by molar-refractivity contribution is -0.141. The van der Waals surface area contributed by atoms with Gasteiger partial charge < -0.3 is 10.0 Å². The van der Waals surface area contributed by atoms with E-state index in [9.17, 15) is 13.2 Å². The summed E-state index contributed by atoms with van der Waals surface area (Å²) in [6.45, 7) is 1.45. The summed E-state index contributed by atoms with van der Waals surface area (Å²) in [4.78, 5) is 3.15. The molecule has 0 unspecified atom stereocenters. The number of aryl methyl sites for hydroxylation is 1. The fourth-order valence-electron chi connectivity index (χ4n) is 0.972. The quantitative estimate of drug-likeness (QED) is 0.638. The lowest BCUT2D eigenvalue weighted by Crippen LogP contribution is -2.33. The van der Waals surface area contributed by atoms with Crippen LogP contribution in [0.25, 0.3) is 0 Å². The van der Waals surface area contributed by atoms with E-state index in [0.29, 0.717) is 11.6 Å². The molecule has 1 rings (SSSR count). The predicted octanol–water partition coefficient (Wildman–Crippen LogP) is 0.0886. The Labute approximate surface area is 78.4 Å². The third kappa shape index (κ3) is 2.24. The highest BCUT2D eigenvalue weighted by Crippen LogP contribution is 2.26. The molecule has 14 heavy (non-hydrogen) atoms. The maximum Gasteiger partial charge on any atom is 0.488 e. The van der Waals surface area contributed by atoms with Crippen LogP contribution in [0.1, 0.15) is 11.3 Å². The first-order chi connectivity index (χ1) is 6.32. The number of rotatable bonds is 1. The van der Waals surface area contributed by atoms with Crippen molar-refractivity contribution in [2.24, 2.45) is 0 Å². The van der Waals surface area contributed by atoms with Crippen molar-refractivity contribution in [3.8, 4) is 0 Å². The van der Waals surface area contributed by atoms with E-state index in [1.807, 2.05) is 0 Å². The summed E-state index contributed by atoms with van der Waals surface area (Å²) < 4.78 is 36.4. The van der Waals surface area contributed by atoms with Crippen molar-refractivity contribution in [1.82, 2.24) is 4.98 Å². The van der Waals surface area contributed by atoms with Gasteiger partial charge in [0.15, 0.2) is 0 Å². The van der Waals surface area contributed by atoms with E-state index < -0.39 is 19.0 Å². The van der Waals surface area contributed by atoms with E-state index >= 15 is 0 Å². The number of hydrogen-bond donors (Lipinski definition) is 2. The van der Waals surface area contributed by atoms with Gasteiger partial charge in [-0.1, -0.05) is 0 Å². The second-order valence-corrected chi connectivity index (χ2v) is 2.80. The number of hydrogen-bond acceptors (Lipinski definition) is 3. The molecular weight excluding hydrogens is 198 g/mol. The molecule has 1 heterocycles. The summed E-state index contributed by atoms with van der Waals surface area (Å²) in [7, 11) is -1.92. The molecule has 0 radical (unpaired) electrons. The van der Waals surface area contributed by atoms with Crippen LogP contribution in [0.2, 0.25) is 0 Å². The van der Waals surface area contributed by atoms with E-state index in [1.54, 1.807) is 0 Å². The van der Waals surface area contributed by atoms with Gasteiger partial charge in [0.1, 0.15) is 5.69 Å². The Hall–Kier alpha value is -1.08. The number of aromatic nitrogens is 1. The summed E-state index contributed by atoms with van der Waals surface area (Å²) in [6, 6.07) is 0.625. The van der Waals surface area contributed by atoms with E-state index in [1.165, 1.54) is 6.92 Å². The molecule has 76 valence electrons. The van der Waals surface area contributed by atoms with Crippen LogP contribution in [0, 0.1) is 6.92 Å². The average molecular weight is 205 g/mol. The van der Waals surface area contributed by atoms with E-state index in [4.69, 9.17) is 10.0 Å². The molecule has 0 aliphatic rings. The summed E-state index contributed by atoms with van der Waals surface area (Å²) in [6.07, 6.45) is -3.62. The first-order valence-electron chi connectivity index (χ1n) is 3.72. The minimum atomic E-state index is -4.57. The zero-order chi connectivity index (χ0) is 10.9. The molecule has 1 aromatic rings. The monoisotopic (exact) mass is 205 g/mol. The van der Waals surface area contributed by atoms with Crippen molar-refractivity contribution < 1.29 is 23.2 Å². The Balaban J connectivity index is 3.20. The average Bonchev–Trinajstić information content (AvgIpc) is 2.02. The van der Waals surface area contributed by atoms with Gasteiger partial charge in [-0.2, -0.15) is 13.2 Å². The first-order valence-corrected chi connectivity index (χ1v) is 3.72. The molecule has 0 aromatic carbocycles. The van der Waals surface area contributed by atoms with E-state index in [0.717, 1.165) is 6.20 Å². The second-order valence-electron chi connectivity index (χ2n) is 2.80. The highest BCUT2D eigenvalue weighted by molar-refractivity contribution is 6.59. The van der Waals surface area contributed by atoms with Crippen LogP contribution < -0.4 is 5.46 Å². The molecule has 0 aliphatic heterocycles. The van der Waals surface area contributed by atoms with Crippen LogP contribution in [0.5, 0.6) is 0 Å². The van der Waals surface area contributed by atoms with E-state index in [2.05, 4.69) is 4.98 Å². The Morgan fingerprint density at radius 1 is 1.36 bits per heavy atom. The lowest BCUT2D eigenvalue weighted by atomic mass is 9.78. The van der Waals surface area contributed by atoms with Crippen molar-refractivity contribution in [2.75, 3.05) is 0 Å². The summed E-state index contributed by atoms with van der Waals surface area (Å²) in [5, 5.41) is 17.5. The smallest absolute Gasteiger partial charge is 0.423 e. The number of halogens is 3. The first kappa shape index (κ1) is 11.0. The molecule has 0 aliphatic carbocycles. The van der Waals surface area contributed by atoms with Crippen LogP contribution >= 0.6 is 0 Å². The van der Waals surface area contributed by atoms with Crippen LogP contribution in [0.3, 0.4) is 0 Å². The Morgan fingerprint density at radius 3 is 2.36 bits per heavy atom. The molecule has 2 N–H and O–H groups in total. The molecular formula is C7H7BF3NO2. The molecule has 0 spiro atoms. The zero-order valence-corrected chi connectivity index (χ0v) is 7.21. The SMILES string of the molecule is Cc1cnc(C(F)(F)F)cc1B(O)O. The minimum absolute atomic E-state index is 0.188. The van der Waals surface area contributed by atoms with Gasteiger partial charge >= 0.3 is 13.3 Å². The number of nitrogens with zero attached hydrogens (tertiary/aromatic N) is 1.